The van der Waals surface area contributed by atoms with Crippen LogP contribution in [0.4, 0.5) is 0 Å². The molecule has 0 bridgehead atoms. The number of nitrogens with zero attached hydrogens (tertiary/aromatic N) is 3. The summed E-state index contributed by atoms with van der Waals surface area (Å²) in [6, 6.07) is 14.9. The van der Waals surface area contributed by atoms with Crippen molar-refractivity contribution in [1.29, 1.82) is 0 Å². The van der Waals surface area contributed by atoms with Gasteiger partial charge in [0.15, 0.2) is 5.58 Å². The van der Waals surface area contributed by atoms with E-state index in [1.165, 1.54) is 29.6 Å². The van der Waals surface area contributed by atoms with Crippen LogP contribution in [0.1, 0.15) is 17.0 Å². The van der Waals surface area contributed by atoms with Gasteiger partial charge in [0, 0.05) is 17.2 Å². The van der Waals surface area contributed by atoms with Gasteiger partial charge in [-0.15, -0.1) is 10.2 Å². The van der Waals surface area contributed by atoms with E-state index in [0.717, 1.165) is 27.6 Å². The molecule has 7 nitrogen and oxygen atoms in total. The van der Waals surface area contributed by atoms with Crippen LogP contribution in [0.25, 0.3) is 22.1 Å². The number of rotatable bonds is 6. The molecule has 5 rings (SSSR count). The van der Waals surface area contributed by atoms with Crippen LogP contribution < -0.4 is 5.63 Å². The van der Waals surface area contributed by atoms with Crippen LogP contribution in [-0.4, -0.2) is 15.2 Å². The van der Waals surface area contributed by atoms with Gasteiger partial charge in [0.25, 0.3) is 10.4 Å². The van der Waals surface area contributed by atoms with Crippen LogP contribution >= 0.6 is 23.5 Å². The molecule has 5 aromatic rings. The van der Waals surface area contributed by atoms with Crippen LogP contribution in [0.2, 0.25) is 0 Å². The largest absolute Gasteiger partial charge is 0.431 e. The van der Waals surface area contributed by atoms with Crippen LogP contribution in [0.5, 0.6) is 0 Å². The summed E-state index contributed by atoms with van der Waals surface area (Å²) < 4.78 is 16.7. The van der Waals surface area contributed by atoms with Gasteiger partial charge in [-0.1, -0.05) is 47.8 Å². The molecule has 0 saturated heterocycles. The summed E-state index contributed by atoms with van der Waals surface area (Å²) in [7, 11) is 0. The Morgan fingerprint density at radius 3 is 2.63 bits per heavy atom. The van der Waals surface area contributed by atoms with E-state index in [2.05, 4.69) is 15.2 Å². The number of thioether (sulfide) groups is 2. The molecule has 0 amide bonds. The van der Waals surface area contributed by atoms with E-state index >= 15 is 0 Å². The Bertz CT molecular complexity index is 1370. The second-order valence-corrected chi connectivity index (χ2v) is 8.43. The molecule has 2 aromatic carbocycles. The van der Waals surface area contributed by atoms with E-state index in [9.17, 15) is 4.79 Å². The smallest absolute Gasteiger partial charge is 0.336 e. The summed E-state index contributed by atoms with van der Waals surface area (Å²) in [5.41, 5.74) is 3.68. The lowest BCUT2D eigenvalue weighted by Crippen LogP contribution is -2.00. The first kappa shape index (κ1) is 19.0. The molecule has 0 aliphatic carbocycles. The Hall–Kier alpha value is -3.04. The highest BCUT2D eigenvalue weighted by Crippen LogP contribution is 2.29. The summed E-state index contributed by atoms with van der Waals surface area (Å²) >= 11 is 2.77. The van der Waals surface area contributed by atoms with Gasteiger partial charge >= 0.3 is 5.63 Å². The van der Waals surface area contributed by atoms with Crippen molar-refractivity contribution in [1.82, 2.24) is 15.2 Å². The zero-order valence-electron chi connectivity index (χ0n) is 15.8. The summed E-state index contributed by atoms with van der Waals surface area (Å²) in [4.78, 5) is 16.3. The lowest BCUT2D eigenvalue weighted by Gasteiger charge is -2.04. The monoisotopic (exact) mass is 437 g/mol. The maximum absolute atomic E-state index is 11.9. The summed E-state index contributed by atoms with van der Waals surface area (Å²) in [5.74, 6) is 1.46. The van der Waals surface area contributed by atoms with Gasteiger partial charge in [-0.05, 0) is 36.2 Å². The summed E-state index contributed by atoms with van der Waals surface area (Å²) in [5, 5.41) is 10.1. The van der Waals surface area contributed by atoms with Crippen LogP contribution in [0.15, 0.2) is 77.0 Å². The molecule has 0 spiro atoms. The van der Waals surface area contributed by atoms with Gasteiger partial charge in [0.1, 0.15) is 11.1 Å². The van der Waals surface area contributed by atoms with Gasteiger partial charge in [-0.3, -0.25) is 0 Å². The Morgan fingerprint density at radius 2 is 1.73 bits per heavy atom. The number of aromatic nitrogens is 3. The molecule has 0 saturated carbocycles. The van der Waals surface area contributed by atoms with Gasteiger partial charge in [0.2, 0.25) is 5.89 Å². The Balaban J connectivity index is 1.26. The van der Waals surface area contributed by atoms with Crippen molar-refractivity contribution in [3.63, 3.8) is 0 Å². The summed E-state index contributed by atoms with van der Waals surface area (Å²) in [6.07, 6.45) is 0. The zero-order valence-corrected chi connectivity index (χ0v) is 17.5. The van der Waals surface area contributed by atoms with E-state index in [-0.39, 0.29) is 5.63 Å². The van der Waals surface area contributed by atoms with Crippen molar-refractivity contribution in [2.24, 2.45) is 0 Å². The van der Waals surface area contributed by atoms with Gasteiger partial charge in [-0.25, -0.2) is 9.78 Å². The van der Waals surface area contributed by atoms with Crippen molar-refractivity contribution in [2.75, 3.05) is 0 Å². The fourth-order valence-electron chi connectivity index (χ4n) is 2.99. The first-order chi connectivity index (χ1) is 14.6. The fourth-order valence-corrected chi connectivity index (χ4v) is 4.43. The minimum Gasteiger partial charge on any atom is -0.431 e. The van der Waals surface area contributed by atoms with Crippen LogP contribution in [0.3, 0.4) is 0 Å². The van der Waals surface area contributed by atoms with Crippen molar-refractivity contribution in [3.05, 3.63) is 76.0 Å². The Labute approximate surface area is 178 Å². The SMILES string of the molecule is Cc1ccc2c(CSc3nnc(CSc4nc5ccccc5o4)o3)cc(=O)oc2c1. The second kappa shape index (κ2) is 8.00. The molecule has 150 valence electrons. The average Bonchev–Trinajstić information content (AvgIpc) is 3.36. The topological polar surface area (TPSA) is 95.2 Å². The molecule has 0 fully saturated rings. The fraction of sp³-hybridized carbons (Fsp3) is 0.143. The number of hydrogen-bond donors (Lipinski definition) is 0. The Kier molecular flexibility index (Phi) is 5.06. The third-order valence-corrected chi connectivity index (χ3v) is 6.06. The number of oxazole rings is 1. The van der Waals surface area contributed by atoms with E-state index in [1.807, 2.05) is 49.4 Å². The van der Waals surface area contributed by atoms with E-state index in [4.69, 9.17) is 13.3 Å². The molecular weight excluding hydrogens is 422 g/mol. The average molecular weight is 438 g/mol. The third-order valence-electron chi connectivity index (χ3n) is 4.38. The van der Waals surface area contributed by atoms with Crippen molar-refractivity contribution < 1.29 is 13.3 Å². The van der Waals surface area contributed by atoms with E-state index in [0.29, 0.717) is 33.4 Å². The number of aryl methyl sites for hydroxylation is 1. The number of hydrogen-bond acceptors (Lipinski definition) is 9. The molecule has 0 radical (unpaired) electrons. The van der Waals surface area contributed by atoms with Gasteiger partial charge in [-0.2, -0.15) is 0 Å². The number of benzene rings is 2. The van der Waals surface area contributed by atoms with Gasteiger partial charge in [0.05, 0.1) is 5.75 Å². The molecule has 0 atom stereocenters. The van der Waals surface area contributed by atoms with Crippen LogP contribution in [-0.2, 0) is 11.5 Å². The molecular formula is C21H15N3O4S2. The lowest BCUT2D eigenvalue weighted by atomic mass is 10.1. The summed E-state index contributed by atoms with van der Waals surface area (Å²) in [6.45, 7) is 1.96. The first-order valence-electron chi connectivity index (χ1n) is 9.11. The standard InChI is InChI=1S/C21H15N3O4S2/c1-12-6-7-14-13(9-19(25)26-17(14)8-12)10-29-21-24-23-18(28-21)11-30-20-22-15-4-2-3-5-16(15)27-20/h2-9H,10-11H2,1H3. The number of para-hydroxylation sites is 2. The lowest BCUT2D eigenvalue weighted by molar-refractivity contribution is 0.425. The predicted molar refractivity (Wildman–Crippen MR) is 115 cm³/mol. The molecule has 0 aliphatic rings. The predicted octanol–water partition coefficient (Wildman–Crippen LogP) is 5.21. The third kappa shape index (κ3) is 3.99. The highest BCUT2D eigenvalue weighted by Gasteiger charge is 2.13. The highest BCUT2D eigenvalue weighted by molar-refractivity contribution is 7.98. The minimum absolute atomic E-state index is 0.371. The first-order valence-corrected chi connectivity index (χ1v) is 11.1. The molecule has 9 heteroatoms. The molecule has 30 heavy (non-hydrogen) atoms. The normalized spacial score (nSPS) is 11.5. The second-order valence-electron chi connectivity index (χ2n) is 6.58. The van der Waals surface area contributed by atoms with Crippen LogP contribution in [0, 0.1) is 6.92 Å². The van der Waals surface area contributed by atoms with Crippen molar-refractivity contribution >= 4 is 45.6 Å². The van der Waals surface area contributed by atoms with Crippen molar-refractivity contribution in [2.45, 2.75) is 28.9 Å². The quantitative estimate of drug-likeness (QED) is 0.262. The maximum atomic E-state index is 11.9. The highest BCUT2D eigenvalue weighted by atomic mass is 32.2. The molecule has 3 heterocycles. The minimum atomic E-state index is -0.371. The number of fused-ring (bicyclic) bond motifs is 2. The van der Waals surface area contributed by atoms with Gasteiger partial charge < -0.3 is 13.3 Å². The molecule has 3 aromatic heterocycles. The molecule has 0 unspecified atom stereocenters. The van der Waals surface area contributed by atoms with E-state index < -0.39 is 0 Å². The maximum Gasteiger partial charge on any atom is 0.336 e. The Morgan fingerprint density at radius 1 is 0.867 bits per heavy atom. The van der Waals surface area contributed by atoms with E-state index in [1.54, 1.807) is 0 Å². The zero-order chi connectivity index (χ0) is 20.5. The molecule has 0 aliphatic heterocycles. The van der Waals surface area contributed by atoms with Crippen molar-refractivity contribution in [3.8, 4) is 0 Å². The molecule has 0 N–H and O–H groups in total.